The lowest BCUT2D eigenvalue weighted by Gasteiger charge is -2.08. The van der Waals surface area contributed by atoms with E-state index in [0.29, 0.717) is 10.8 Å². The molecule has 0 atom stereocenters. The molecular weight excluding hydrogens is 401 g/mol. The molecule has 4 aromatic rings. The van der Waals surface area contributed by atoms with Crippen LogP contribution in [0.2, 0.25) is 0 Å². The molecular formula is C18H14FN5O2S2. The van der Waals surface area contributed by atoms with E-state index in [1.54, 1.807) is 12.1 Å². The second-order valence-corrected chi connectivity index (χ2v) is 8.97. The average molecular weight is 415 g/mol. The summed E-state index contributed by atoms with van der Waals surface area (Å²) in [7, 11) is -3.27. The molecule has 2 aromatic carbocycles. The van der Waals surface area contributed by atoms with Gasteiger partial charge in [-0.1, -0.05) is 23.5 Å². The van der Waals surface area contributed by atoms with Crippen LogP contribution in [0.4, 0.5) is 27.0 Å². The van der Waals surface area contributed by atoms with E-state index in [1.807, 2.05) is 24.3 Å². The zero-order valence-corrected chi connectivity index (χ0v) is 16.2. The maximum atomic E-state index is 14.1. The van der Waals surface area contributed by atoms with E-state index in [-0.39, 0.29) is 16.7 Å². The van der Waals surface area contributed by atoms with Crippen molar-refractivity contribution in [1.82, 2.24) is 15.0 Å². The number of fused-ring (bicyclic) bond motifs is 1. The first-order valence-corrected chi connectivity index (χ1v) is 10.8. The van der Waals surface area contributed by atoms with E-state index in [1.165, 1.54) is 23.5 Å². The Morgan fingerprint density at radius 3 is 2.46 bits per heavy atom. The predicted octanol–water partition coefficient (Wildman–Crippen LogP) is 4.12. The number of nitrogens with one attached hydrogen (secondary N) is 2. The number of para-hydroxylation sites is 1. The van der Waals surface area contributed by atoms with Crippen LogP contribution >= 0.6 is 11.3 Å². The van der Waals surface area contributed by atoms with Crippen molar-refractivity contribution in [2.75, 3.05) is 16.9 Å². The molecule has 0 saturated carbocycles. The molecule has 0 radical (unpaired) electrons. The summed E-state index contributed by atoms with van der Waals surface area (Å²) in [6.07, 6.45) is 2.19. The predicted molar refractivity (Wildman–Crippen MR) is 108 cm³/mol. The van der Waals surface area contributed by atoms with Gasteiger partial charge in [0.1, 0.15) is 0 Å². The zero-order chi connectivity index (χ0) is 19.7. The summed E-state index contributed by atoms with van der Waals surface area (Å²) in [6, 6.07) is 13.7. The largest absolute Gasteiger partial charge is 0.324 e. The highest BCUT2D eigenvalue weighted by Gasteiger charge is 2.11. The molecule has 4 rings (SSSR count). The first-order chi connectivity index (χ1) is 13.4. The van der Waals surface area contributed by atoms with Crippen LogP contribution in [0.1, 0.15) is 0 Å². The highest BCUT2D eigenvalue weighted by molar-refractivity contribution is 7.90. The van der Waals surface area contributed by atoms with Crippen molar-refractivity contribution in [2.45, 2.75) is 4.90 Å². The fraction of sp³-hybridized carbons (Fsp3) is 0.0556. The van der Waals surface area contributed by atoms with Crippen LogP contribution in [0.25, 0.3) is 10.2 Å². The lowest BCUT2D eigenvalue weighted by molar-refractivity contribution is 0.602. The number of nitrogens with zero attached hydrogens (tertiary/aromatic N) is 3. The van der Waals surface area contributed by atoms with Crippen LogP contribution in [-0.4, -0.2) is 29.6 Å². The van der Waals surface area contributed by atoms with Crippen LogP contribution in [0.5, 0.6) is 0 Å². The lowest BCUT2D eigenvalue weighted by atomic mass is 10.3. The monoisotopic (exact) mass is 415 g/mol. The summed E-state index contributed by atoms with van der Waals surface area (Å²) < 4.78 is 38.2. The average Bonchev–Trinajstić information content (AvgIpc) is 3.06. The van der Waals surface area contributed by atoms with Gasteiger partial charge in [0.25, 0.3) is 0 Å². The standard InChI is InChI=1S/C18H14FN5O2S2/c1-28(25,26)12-8-6-11(7-9-12)21-17-20-10-13(19)16(23-17)24-18-22-14-4-2-3-5-15(14)27-18/h2-10H,1H3,(H2,20,21,22,23,24). The van der Waals surface area contributed by atoms with Gasteiger partial charge in [-0.05, 0) is 36.4 Å². The highest BCUT2D eigenvalue weighted by atomic mass is 32.2. The van der Waals surface area contributed by atoms with Gasteiger partial charge in [0.15, 0.2) is 26.6 Å². The SMILES string of the molecule is CS(=O)(=O)c1ccc(Nc2ncc(F)c(Nc3nc4ccccc4s3)n2)cc1. The number of sulfone groups is 1. The van der Waals surface area contributed by atoms with Crippen molar-refractivity contribution in [1.29, 1.82) is 0 Å². The van der Waals surface area contributed by atoms with Gasteiger partial charge in [-0.15, -0.1) is 0 Å². The Morgan fingerprint density at radius 1 is 1.00 bits per heavy atom. The van der Waals surface area contributed by atoms with Gasteiger partial charge in [-0.3, -0.25) is 0 Å². The van der Waals surface area contributed by atoms with Crippen molar-refractivity contribution in [2.24, 2.45) is 0 Å². The van der Waals surface area contributed by atoms with Crippen LogP contribution < -0.4 is 10.6 Å². The molecule has 2 N–H and O–H groups in total. The fourth-order valence-electron chi connectivity index (χ4n) is 2.46. The summed E-state index contributed by atoms with van der Waals surface area (Å²) in [5, 5.41) is 6.32. The van der Waals surface area contributed by atoms with Gasteiger partial charge in [-0.2, -0.15) is 4.98 Å². The molecule has 2 aromatic heterocycles. The quantitative estimate of drug-likeness (QED) is 0.506. The Balaban J connectivity index is 1.56. The first kappa shape index (κ1) is 18.3. The summed E-state index contributed by atoms with van der Waals surface area (Å²) in [5.41, 5.74) is 1.39. The van der Waals surface area contributed by atoms with E-state index in [0.717, 1.165) is 22.7 Å². The molecule has 0 unspecified atom stereocenters. The minimum absolute atomic E-state index is 0.00990. The van der Waals surface area contributed by atoms with Gasteiger partial charge in [0.2, 0.25) is 5.95 Å². The maximum absolute atomic E-state index is 14.1. The number of anilines is 4. The number of aromatic nitrogens is 3. The summed E-state index contributed by atoms with van der Waals surface area (Å²) >= 11 is 1.39. The van der Waals surface area contributed by atoms with Gasteiger partial charge in [0, 0.05) is 11.9 Å². The molecule has 0 aliphatic rings. The molecule has 0 fully saturated rings. The Hall–Kier alpha value is -3.11. The number of benzene rings is 2. The Morgan fingerprint density at radius 2 is 1.75 bits per heavy atom. The van der Waals surface area contributed by atoms with Crippen molar-refractivity contribution in [3.05, 3.63) is 60.5 Å². The second kappa shape index (κ2) is 7.13. The van der Waals surface area contributed by atoms with Crippen LogP contribution in [0.15, 0.2) is 59.6 Å². The third-order valence-electron chi connectivity index (χ3n) is 3.80. The summed E-state index contributed by atoms with van der Waals surface area (Å²) in [5.74, 6) is -0.460. The number of rotatable bonds is 5. The molecule has 28 heavy (non-hydrogen) atoms. The number of hydrogen-bond acceptors (Lipinski definition) is 8. The lowest BCUT2D eigenvalue weighted by Crippen LogP contribution is -2.03. The molecule has 0 saturated heterocycles. The summed E-state index contributed by atoms with van der Waals surface area (Å²) in [4.78, 5) is 12.7. The van der Waals surface area contributed by atoms with Crippen LogP contribution in [0.3, 0.4) is 0 Å². The maximum Gasteiger partial charge on any atom is 0.229 e. The Labute approximate surface area is 164 Å². The second-order valence-electron chi connectivity index (χ2n) is 5.92. The van der Waals surface area contributed by atoms with E-state index in [9.17, 15) is 12.8 Å². The minimum Gasteiger partial charge on any atom is -0.324 e. The molecule has 0 spiro atoms. The molecule has 7 nitrogen and oxygen atoms in total. The van der Waals surface area contributed by atoms with E-state index in [2.05, 4.69) is 25.6 Å². The Bertz CT molecular complexity index is 1220. The first-order valence-electron chi connectivity index (χ1n) is 8.11. The van der Waals surface area contributed by atoms with E-state index in [4.69, 9.17) is 0 Å². The molecule has 142 valence electrons. The minimum atomic E-state index is -3.27. The molecule has 0 aliphatic carbocycles. The highest BCUT2D eigenvalue weighted by Crippen LogP contribution is 2.28. The number of halogens is 1. The molecule has 10 heteroatoms. The van der Waals surface area contributed by atoms with Gasteiger partial charge >= 0.3 is 0 Å². The summed E-state index contributed by atoms with van der Waals surface area (Å²) in [6.45, 7) is 0. The number of hydrogen-bond donors (Lipinski definition) is 2. The molecule has 2 heterocycles. The normalized spacial score (nSPS) is 11.5. The number of thiazole rings is 1. The third kappa shape index (κ3) is 3.92. The van der Waals surface area contributed by atoms with Crippen molar-refractivity contribution < 1.29 is 12.8 Å². The van der Waals surface area contributed by atoms with E-state index < -0.39 is 15.7 Å². The van der Waals surface area contributed by atoms with Crippen molar-refractivity contribution in [3.63, 3.8) is 0 Å². The van der Waals surface area contributed by atoms with Crippen LogP contribution in [0, 0.1) is 5.82 Å². The molecule has 0 amide bonds. The topological polar surface area (TPSA) is 96.9 Å². The smallest absolute Gasteiger partial charge is 0.229 e. The van der Waals surface area contributed by atoms with Gasteiger partial charge in [0.05, 0.1) is 21.3 Å². The molecule has 0 bridgehead atoms. The third-order valence-corrected chi connectivity index (χ3v) is 5.88. The van der Waals surface area contributed by atoms with Gasteiger partial charge < -0.3 is 10.6 Å². The van der Waals surface area contributed by atoms with Gasteiger partial charge in [-0.25, -0.2) is 22.8 Å². The Kier molecular flexibility index (Phi) is 4.65. The van der Waals surface area contributed by atoms with E-state index >= 15 is 0 Å². The zero-order valence-electron chi connectivity index (χ0n) is 14.5. The van der Waals surface area contributed by atoms with Crippen LogP contribution in [-0.2, 0) is 9.84 Å². The fourth-order valence-corrected chi connectivity index (χ4v) is 3.95. The molecule has 0 aliphatic heterocycles. The van der Waals surface area contributed by atoms with Crippen molar-refractivity contribution in [3.8, 4) is 0 Å². The van der Waals surface area contributed by atoms with Crippen molar-refractivity contribution >= 4 is 54.0 Å².